The summed E-state index contributed by atoms with van der Waals surface area (Å²) in [6, 6.07) is 17.4. The average Bonchev–Trinajstić information content (AvgIpc) is 3.42. The van der Waals surface area contributed by atoms with Gasteiger partial charge in [0.2, 0.25) is 5.91 Å². The lowest BCUT2D eigenvalue weighted by molar-refractivity contribution is 0.0457. The van der Waals surface area contributed by atoms with Crippen LogP contribution in [0.15, 0.2) is 67.3 Å². The first-order valence-electron chi connectivity index (χ1n) is 9.13. The van der Waals surface area contributed by atoms with E-state index in [1.54, 1.807) is 35.4 Å². The van der Waals surface area contributed by atoms with Gasteiger partial charge in [-0.3, -0.25) is 9.36 Å². The van der Waals surface area contributed by atoms with Crippen molar-refractivity contribution < 1.29 is 11.0 Å². The number of hydrogen-bond acceptors (Lipinski definition) is 4. The molecule has 1 aromatic heterocycles. The third kappa shape index (κ3) is 5.76. The molecule has 142 valence electrons. The third-order valence-corrected chi connectivity index (χ3v) is 4.48. The van der Waals surface area contributed by atoms with E-state index in [0.717, 1.165) is 12.3 Å². The molecule has 1 heterocycles. The highest BCUT2D eigenvalue weighted by Crippen LogP contribution is 2.21. The van der Waals surface area contributed by atoms with Gasteiger partial charge in [0.05, 0.1) is 12.7 Å². The lowest BCUT2D eigenvalue weighted by atomic mass is 10.2. The van der Waals surface area contributed by atoms with Crippen LogP contribution in [0.25, 0.3) is 5.69 Å². The van der Waals surface area contributed by atoms with Crippen molar-refractivity contribution in [2.75, 3.05) is 0 Å². The van der Waals surface area contributed by atoms with Crippen molar-refractivity contribution in [2.45, 2.75) is 38.4 Å². The van der Waals surface area contributed by atoms with Crippen LogP contribution in [0.1, 0.15) is 43.0 Å². The molecule has 0 aliphatic heterocycles. The predicted octanol–water partition coefficient (Wildman–Crippen LogP) is 3.76. The van der Waals surface area contributed by atoms with Crippen LogP contribution in [0.3, 0.4) is 0 Å². The van der Waals surface area contributed by atoms with E-state index in [9.17, 15) is 4.79 Å². The van der Waals surface area contributed by atoms with Crippen LogP contribution < -0.4 is 5.73 Å². The van der Waals surface area contributed by atoms with Crippen molar-refractivity contribution in [3.63, 3.8) is 0 Å². The van der Waals surface area contributed by atoms with Gasteiger partial charge in [-0.05, 0) is 36.6 Å². The Hall–Kier alpha value is -2.99. The molecule has 1 aliphatic rings. The van der Waals surface area contributed by atoms with Gasteiger partial charge < -0.3 is 10.5 Å². The highest BCUT2D eigenvalue weighted by atomic mass is 16.5. The molecule has 1 saturated carbocycles. The Morgan fingerprint density at radius 3 is 2.44 bits per heavy atom. The molecule has 2 aromatic carbocycles. The van der Waals surface area contributed by atoms with Crippen LogP contribution in [0.2, 0.25) is 0 Å². The van der Waals surface area contributed by atoms with Gasteiger partial charge in [-0.25, -0.2) is 0 Å². The van der Waals surface area contributed by atoms with E-state index in [4.69, 9.17) is 10.5 Å². The van der Waals surface area contributed by atoms with Crippen LogP contribution >= 0.6 is 0 Å². The minimum atomic E-state index is -0.445. The molecule has 0 atom stereocenters. The average molecular weight is 366 g/mol. The van der Waals surface area contributed by atoms with Crippen molar-refractivity contribution in [2.24, 2.45) is 5.73 Å². The fourth-order valence-corrected chi connectivity index (χ4v) is 3.00. The molecule has 6 heteroatoms. The topological polar surface area (TPSA) is 83.0 Å². The SMILES string of the molecule is NC(=O)c1cccc(-n2cnnc2)c1.[HH].c1ccc(COC2CCCC2)cc1. The van der Waals surface area contributed by atoms with Gasteiger partial charge >= 0.3 is 0 Å². The van der Waals surface area contributed by atoms with Gasteiger partial charge in [0, 0.05) is 12.7 Å². The summed E-state index contributed by atoms with van der Waals surface area (Å²) in [4.78, 5) is 10.9. The third-order valence-electron chi connectivity index (χ3n) is 4.48. The Bertz CT molecular complexity index is 835. The fourth-order valence-electron chi connectivity index (χ4n) is 3.00. The largest absolute Gasteiger partial charge is 0.374 e. The maximum Gasteiger partial charge on any atom is 0.248 e. The molecule has 2 N–H and O–H groups in total. The number of nitrogens with two attached hydrogens (primary N) is 1. The number of nitrogens with zero attached hydrogens (tertiary/aromatic N) is 3. The number of amides is 1. The van der Waals surface area contributed by atoms with Gasteiger partial charge in [-0.15, -0.1) is 10.2 Å². The fraction of sp³-hybridized carbons (Fsp3) is 0.286. The second-order valence-electron chi connectivity index (χ2n) is 6.49. The summed E-state index contributed by atoms with van der Waals surface area (Å²) in [5.41, 5.74) is 7.72. The maximum absolute atomic E-state index is 10.9. The van der Waals surface area contributed by atoms with Gasteiger partial charge in [-0.2, -0.15) is 0 Å². The van der Waals surface area contributed by atoms with Crippen LogP contribution in [0.5, 0.6) is 0 Å². The molecule has 4 rings (SSSR count). The first-order valence-corrected chi connectivity index (χ1v) is 9.13. The predicted molar refractivity (Wildman–Crippen MR) is 105 cm³/mol. The molecule has 27 heavy (non-hydrogen) atoms. The van der Waals surface area contributed by atoms with E-state index in [0.29, 0.717) is 11.7 Å². The summed E-state index contributed by atoms with van der Waals surface area (Å²) in [7, 11) is 0. The Labute approximate surface area is 160 Å². The number of primary amides is 1. The molecule has 0 saturated heterocycles. The summed E-state index contributed by atoms with van der Waals surface area (Å²) < 4.78 is 7.49. The smallest absolute Gasteiger partial charge is 0.248 e. The number of rotatable bonds is 5. The Balaban J connectivity index is 0.000000194. The van der Waals surface area contributed by atoms with E-state index >= 15 is 0 Å². The molecule has 1 amide bonds. The van der Waals surface area contributed by atoms with Crippen molar-refractivity contribution >= 4 is 5.91 Å². The van der Waals surface area contributed by atoms with Crippen molar-refractivity contribution in [3.8, 4) is 5.69 Å². The summed E-state index contributed by atoms with van der Waals surface area (Å²) in [5.74, 6) is -0.445. The second-order valence-corrected chi connectivity index (χ2v) is 6.49. The quantitative estimate of drug-likeness (QED) is 0.745. The molecular weight excluding hydrogens is 340 g/mol. The summed E-state index contributed by atoms with van der Waals surface area (Å²) in [5, 5.41) is 7.34. The van der Waals surface area contributed by atoms with E-state index < -0.39 is 5.91 Å². The zero-order chi connectivity index (χ0) is 18.9. The number of benzene rings is 2. The van der Waals surface area contributed by atoms with Crippen molar-refractivity contribution in [1.82, 2.24) is 14.8 Å². The van der Waals surface area contributed by atoms with Gasteiger partial charge in [-0.1, -0.05) is 49.2 Å². The Morgan fingerprint density at radius 2 is 1.78 bits per heavy atom. The highest BCUT2D eigenvalue weighted by Gasteiger charge is 2.14. The van der Waals surface area contributed by atoms with Crippen LogP contribution in [0.4, 0.5) is 0 Å². The lowest BCUT2D eigenvalue weighted by Crippen LogP contribution is -2.11. The van der Waals surface area contributed by atoms with Crippen LogP contribution in [-0.4, -0.2) is 26.8 Å². The standard InChI is InChI=1S/C12H16O.C9H8N4O.H2/c1-2-6-11(7-3-1)10-13-12-8-4-5-9-12;10-9(14)7-2-1-3-8(4-7)13-5-11-12-6-13;/h1-3,6-7,12H,4-5,8-10H2;1-6H,(H2,10,14);1H. The molecule has 1 fully saturated rings. The second kappa shape index (κ2) is 9.64. The number of carbonyl (C=O) groups excluding carboxylic acids is 1. The molecule has 0 radical (unpaired) electrons. The zero-order valence-electron chi connectivity index (χ0n) is 15.2. The lowest BCUT2D eigenvalue weighted by Gasteiger charge is -2.10. The van der Waals surface area contributed by atoms with E-state index in [1.807, 2.05) is 12.1 Å². The Kier molecular flexibility index (Phi) is 6.71. The number of aromatic nitrogens is 3. The summed E-state index contributed by atoms with van der Waals surface area (Å²) >= 11 is 0. The molecule has 1 aliphatic carbocycles. The van der Waals surface area contributed by atoms with Crippen LogP contribution in [-0.2, 0) is 11.3 Å². The first kappa shape index (κ1) is 18.8. The Morgan fingerprint density at radius 1 is 1.07 bits per heavy atom. The van der Waals surface area contributed by atoms with E-state index in [-0.39, 0.29) is 1.43 Å². The van der Waals surface area contributed by atoms with Crippen LogP contribution in [0, 0.1) is 0 Å². The molecule has 6 nitrogen and oxygen atoms in total. The molecular formula is C21H26N4O2. The monoisotopic (exact) mass is 366 g/mol. The molecule has 0 bridgehead atoms. The first-order chi connectivity index (χ1) is 13.2. The van der Waals surface area contributed by atoms with Crippen molar-refractivity contribution in [3.05, 3.63) is 78.4 Å². The molecule has 0 unspecified atom stereocenters. The van der Waals surface area contributed by atoms with Gasteiger partial charge in [0.25, 0.3) is 0 Å². The highest BCUT2D eigenvalue weighted by molar-refractivity contribution is 5.93. The van der Waals surface area contributed by atoms with E-state index in [1.165, 1.54) is 31.2 Å². The van der Waals surface area contributed by atoms with Gasteiger partial charge in [0.15, 0.2) is 0 Å². The summed E-state index contributed by atoms with van der Waals surface area (Å²) in [6.45, 7) is 0.783. The van der Waals surface area contributed by atoms with Gasteiger partial charge in [0.1, 0.15) is 12.7 Å². The zero-order valence-corrected chi connectivity index (χ0v) is 15.2. The summed E-state index contributed by atoms with van der Waals surface area (Å²) in [6.07, 6.45) is 8.85. The normalized spacial score (nSPS) is 13.8. The number of hydrogen-bond donors (Lipinski definition) is 1. The molecule has 3 aromatic rings. The maximum atomic E-state index is 10.9. The molecule has 0 spiro atoms. The minimum Gasteiger partial charge on any atom is -0.374 e. The number of ether oxygens (including phenoxy) is 1. The van der Waals surface area contributed by atoms with E-state index in [2.05, 4.69) is 34.5 Å². The minimum absolute atomic E-state index is 0. The van der Waals surface area contributed by atoms with Crippen molar-refractivity contribution in [1.29, 1.82) is 0 Å². The number of carbonyl (C=O) groups is 1.